The minimum atomic E-state index is -1.40. The number of hydrogen-bond acceptors (Lipinski definition) is 0. The van der Waals surface area contributed by atoms with Crippen LogP contribution in [0.3, 0.4) is 0 Å². The number of hydrogen-bond donors (Lipinski definition) is 0. The van der Waals surface area contributed by atoms with Crippen LogP contribution >= 0.6 is 0 Å². The van der Waals surface area contributed by atoms with Crippen molar-refractivity contribution in [2.24, 2.45) is 0 Å². The van der Waals surface area contributed by atoms with Gasteiger partial charge in [-0.05, 0) is 64.2 Å². The molecule has 31 heavy (non-hydrogen) atoms. The normalized spacial score (nSPS) is 13.3. The third kappa shape index (κ3) is 4.34. The van der Waals surface area contributed by atoms with Crippen molar-refractivity contribution in [1.29, 1.82) is 0 Å². The summed E-state index contributed by atoms with van der Waals surface area (Å²) in [5, 5.41) is 1.92. The van der Waals surface area contributed by atoms with Crippen LogP contribution in [0.2, 0.25) is 0 Å². The lowest BCUT2D eigenvalue weighted by atomic mass is 9.85. The second-order valence-corrected chi connectivity index (χ2v) is 7.77. The Morgan fingerprint density at radius 3 is 2.00 bits per heavy atom. The molecular weight excluding hydrogens is 400 g/mol. The molecule has 158 valence electrons. The van der Waals surface area contributed by atoms with E-state index in [-0.39, 0.29) is 16.7 Å². The molecule has 0 aliphatic heterocycles. The molecule has 2 unspecified atom stereocenters. The second kappa shape index (κ2) is 8.93. The molecule has 4 heteroatoms. The topological polar surface area (TPSA) is 0 Å². The summed E-state index contributed by atoms with van der Waals surface area (Å²) >= 11 is 0. The number of fused-ring (bicyclic) bond motifs is 1. The standard InChI is InChI=1S/C27H22F4/c1-2-5-23(27(31)20-9-8-17-6-3-4-7-19(17)14-20)21-15-24(29)26(25(30)16-21)18-10-12-22(28)13-11-18/h3-4,6-16,23,27H,2,5H2,1H3. The average molecular weight is 422 g/mol. The lowest BCUT2D eigenvalue weighted by Gasteiger charge is -2.23. The molecule has 0 heterocycles. The molecule has 0 bridgehead atoms. The van der Waals surface area contributed by atoms with E-state index >= 15 is 4.39 Å². The van der Waals surface area contributed by atoms with Crippen LogP contribution in [0.5, 0.6) is 0 Å². The Morgan fingerprint density at radius 2 is 1.35 bits per heavy atom. The number of halogens is 4. The molecule has 0 saturated heterocycles. The maximum absolute atomic E-state index is 15.6. The zero-order valence-corrected chi connectivity index (χ0v) is 17.1. The van der Waals surface area contributed by atoms with Gasteiger partial charge in [0.15, 0.2) is 0 Å². The molecule has 0 amide bonds. The molecule has 4 aromatic carbocycles. The summed E-state index contributed by atoms with van der Waals surface area (Å²) in [5.41, 5.74) is 0.769. The second-order valence-electron chi connectivity index (χ2n) is 7.77. The quantitative estimate of drug-likeness (QED) is 0.273. The van der Waals surface area contributed by atoms with Gasteiger partial charge in [-0.2, -0.15) is 0 Å². The van der Waals surface area contributed by atoms with Crippen molar-refractivity contribution in [1.82, 2.24) is 0 Å². The molecule has 4 aromatic rings. The average Bonchev–Trinajstić information content (AvgIpc) is 2.77. The highest BCUT2D eigenvalue weighted by Crippen LogP contribution is 2.40. The molecule has 0 aliphatic rings. The van der Waals surface area contributed by atoms with E-state index in [1.165, 1.54) is 24.3 Å². The molecular formula is C27H22F4. The van der Waals surface area contributed by atoms with E-state index in [0.717, 1.165) is 22.9 Å². The number of rotatable bonds is 6. The van der Waals surface area contributed by atoms with Crippen molar-refractivity contribution >= 4 is 10.8 Å². The first-order valence-corrected chi connectivity index (χ1v) is 10.4. The predicted molar refractivity (Wildman–Crippen MR) is 117 cm³/mol. The number of alkyl halides is 1. The van der Waals surface area contributed by atoms with Gasteiger partial charge in [-0.3, -0.25) is 0 Å². The first-order chi connectivity index (χ1) is 15.0. The lowest BCUT2D eigenvalue weighted by molar-refractivity contribution is 0.275. The molecule has 0 nitrogen and oxygen atoms in total. The third-order valence-electron chi connectivity index (χ3n) is 5.67. The van der Waals surface area contributed by atoms with Crippen LogP contribution in [0.25, 0.3) is 21.9 Å². The first-order valence-electron chi connectivity index (χ1n) is 10.4. The fourth-order valence-electron chi connectivity index (χ4n) is 4.10. The first kappa shape index (κ1) is 21.1. The Labute approximate surface area is 179 Å². The van der Waals surface area contributed by atoms with Crippen LogP contribution in [0.15, 0.2) is 78.9 Å². The summed E-state index contributed by atoms with van der Waals surface area (Å²) in [6.45, 7) is 1.92. The Bertz CT molecular complexity index is 1170. The molecule has 4 rings (SSSR count). The summed E-state index contributed by atoms with van der Waals surface area (Å²) in [5.74, 6) is -2.74. The highest BCUT2D eigenvalue weighted by atomic mass is 19.1. The van der Waals surface area contributed by atoms with Crippen molar-refractivity contribution < 1.29 is 17.6 Å². The van der Waals surface area contributed by atoms with Crippen LogP contribution in [-0.4, -0.2) is 0 Å². The van der Waals surface area contributed by atoms with Gasteiger partial charge in [-0.15, -0.1) is 0 Å². The highest BCUT2D eigenvalue weighted by molar-refractivity contribution is 5.83. The van der Waals surface area contributed by atoms with Crippen molar-refractivity contribution in [3.05, 3.63) is 107 Å². The van der Waals surface area contributed by atoms with Gasteiger partial charge in [-0.1, -0.05) is 61.9 Å². The molecule has 2 atom stereocenters. The fourth-order valence-corrected chi connectivity index (χ4v) is 4.10. The van der Waals surface area contributed by atoms with Crippen LogP contribution < -0.4 is 0 Å². The summed E-state index contributed by atoms with van der Waals surface area (Å²) < 4.78 is 58.7. The minimum absolute atomic E-state index is 0.236. The molecule has 0 radical (unpaired) electrons. The van der Waals surface area contributed by atoms with E-state index in [9.17, 15) is 13.2 Å². The smallest absolute Gasteiger partial charge is 0.134 e. The Kier molecular flexibility index (Phi) is 6.08. The van der Waals surface area contributed by atoms with Gasteiger partial charge in [-0.25, -0.2) is 17.6 Å². The zero-order valence-electron chi connectivity index (χ0n) is 17.1. The van der Waals surface area contributed by atoms with Gasteiger partial charge in [0.25, 0.3) is 0 Å². The van der Waals surface area contributed by atoms with Crippen molar-refractivity contribution in [3.63, 3.8) is 0 Å². The maximum atomic E-state index is 15.6. The SMILES string of the molecule is CCCC(c1cc(F)c(-c2ccc(F)cc2)c(F)c1)C(F)c1ccc2ccccc2c1. The van der Waals surface area contributed by atoms with E-state index in [1.54, 1.807) is 12.1 Å². The van der Waals surface area contributed by atoms with Gasteiger partial charge in [0.05, 0.1) is 5.56 Å². The molecule has 0 aliphatic carbocycles. The molecule has 0 spiro atoms. The number of benzene rings is 4. The van der Waals surface area contributed by atoms with Gasteiger partial charge in [0, 0.05) is 5.92 Å². The van der Waals surface area contributed by atoms with Gasteiger partial charge < -0.3 is 0 Å². The van der Waals surface area contributed by atoms with Gasteiger partial charge in [0.2, 0.25) is 0 Å². The van der Waals surface area contributed by atoms with Gasteiger partial charge >= 0.3 is 0 Å². The van der Waals surface area contributed by atoms with Crippen LogP contribution in [0, 0.1) is 17.5 Å². The lowest BCUT2D eigenvalue weighted by Crippen LogP contribution is -2.09. The molecule has 0 N–H and O–H groups in total. The Hall–Kier alpha value is -3.14. The highest BCUT2D eigenvalue weighted by Gasteiger charge is 2.26. The summed E-state index contributed by atoms with van der Waals surface area (Å²) in [6.07, 6.45) is -0.287. The summed E-state index contributed by atoms with van der Waals surface area (Å²) in [6, 6.07) is 20.4. The van der Waals surface area contributed by atoms with E-state index in [4.69, 9.17) is 0 Å². The van der Waals surface area contributed by atoms with Crippen LogP contribution in [0.1, 0.15) is 43.0 Å². The van der Waals surface area contributed by atoms with Gasteiger partial charge in [0.1, 0.15) is 23.6 Å². The molecule has 0 fully saturated rings. The maximum Gasteiger partial charge on any atom is 0.134 e. The summed E-state index contributed by atoms with van der Waals surface area (Å²) in [7, 11) is 0. The minimum Gasteiger partial charge on any atom is -0.242 e. The van der Waals surface area contributed by atoms with E-state index < -0.39 is 29.5 Å². The third-order valence-corrected chi connectivity index (χ3v) is 5.67. The fraction of sp³-hybridized carbons (Fsp3) is 0.185. The van der Waals surface area contributed by atoms with Crippen molar-refractivity contribution in [2.45, 2.75) is 31.9 Å². The van der Waals surface area contributed by atoms with Crippen molar-refractivity contribution in [2.75, 3.05) is 0 Å². The van der Waals surface area contributed by atoms with Crippen LogP contribution in [-0.2, 0) is 0 Å². The summed E-state index contributed by atoms with van der Waals surface area (Å²) in [4.78, 5) is 0. The Balaban J connectivity index is 1.72. The largest absolute Gasteiger partial charge is 0.242 e. The zero-order chi connectivity index (χ0) is 22.0. The van der Waals surface area contributed by atoms with Crippen molar-refractivity contribution in [3.8, 4) is 11.1 Å². The Morgan fingerprint density at radius 1 is 0.710 bits per heavy atom. The van der Waals surface area contributed by atoms with Crippen LogP contribution in [0.4, 0.5) is 17.6 Å². The predicted octanol–water partition coefficient (Wildman–Crippen LogP) is 8.52. The van der Waals surface area contributed by atoms with E-state index in [2.05, 4.69) is 0 Å². The van der Waals surface area contributed by atoms with E-state index in [1.807, 2.05) is 37.3 Å². The van der Waals surface area contributed by atoms with E-state index in [0.29, 0.717) is 18.4 Å². The monoisotopic (exact) mass is 422 g/mol. The molecule has 0 aromatic heterocycles. The molecule has 0 saturated carbocycles.